The number of aliphatic hydroxyl groups is 1. The maximum atomic E-state index is 11.6. The Bertz CT molecular complexity index is 423. The SMILES string of the molecule is CSCC[C@@](C)(O)CNC(=O)COc1ccc(Cl)cc1. The molecule has 0 aliphatic carbocycles. The number of thioether (sulfide) groups is 1. The lowest BCUT2D eigenvalue weighted by atomic mass is 10.0. The molecule has 0 saturated carbocycles. The molecule has 1 aromatic carbocycles. The first-order valence-corrected chi connectivity index (χ1v) is 8.06. The Labute approximate surface area is 128 Å². The minimum Gasteiger partial charge on any atom is -0.484 e. The number of benzene rings is 1. The van der Waals surface area contributed by atoms with Gasteiger partial charge < -0.3 is 15.2 Å². The van der Waals surface area contributed by atoms with Crippen LogP contribution in [0.15, 0.2) is 24.3 Å². The Kier molecular flexibility index (Phi) is 7.19. The highest BCUT2D eigenvalue weighted by molar-refractivity contribution is 7.98. The first-order chi connectivity index (χ1) is 9.43. The molecular formula is C14H20ClNO3S. The average Bonchev–Trinajstić information content (AvgIpc) is 2.42. The van der Waals surface area contributed by atoms with Gasteiger partial charge in [0.25, 0.3) is 5.91 Å². The maximum absolute atomic E-state index is 11.6. The van der Waals surface area contributed by atoms with E-state index in [2.05, 4.69) is 5.32 Å². The zero-order valence-corrected chi connectivity index (χ0v) is 13.3. The Balaban J connectivity index is 2.28. The van der Waals surface area contributed by atoms with Crippen LogP contribution in [0, 0.1) is 0 Å². The first kappa shape index (κ1) is 17.1. The highest BCUT2D eigenvalue weighted by atomic mass is 35.5. The summed E-state index contributed by atoms with van der Waals surface area (Å²) in [6.45, 7) is 1.85. The third-order valence-electron chi connectivity index (χ3n) is 2.69. The summed E-state index contributed by atoms with van der Waals surface area (Å²) in [6, 6.07) is 6.79. The summed E-state index contributed by atoms with van der Waals surface area (Å²) in [5.74, 6) is 1.17. The maximum Gasteiger partial charge on any atom is 0.258 e. The van der Waals surface area contributed by atoms with Crippen molar-refractivity contribution in [2.45, 2.75) is 18.9 Å². The first-order valence-electron chi connectivity index (χ1n) is 6.29. The number of hydrogen-bond acceptors (Lipinski definition) is 4. The van der Waals surface area contributed by atoms with Gasteiger partial charge in [0.15, 0.2) is 6.61 Å². The van der Waals surface area contributed by atoms with Crippen molar-refractivity contribution in [2.75, 3.05) is 25.2 Å². The largest absolute Gasteiger partial charge is 0.484 e. The molecule has 2 N–H and O–H groups in total. The summed E-state index contributed by atoms with van der Waals surface area (Å²) in [4.78, 5) is 11.6. The van der Waals surface area contributed by atoms with Crippen LogP contribution in [-0.2, 0) is 4.79 Å². The number of amides is 1. The number of carbonyl (C=O) groups is 1. The molecule has 0 spiro atoms. The lowest BCUT2D eigenvalue weighted by Crippen LogP contribution is -2.42. The quantitative estimate of drug-likeness (QED) is 0.772. The van der Waals surface area contributed by atoms with Crippen LogP contribution in [0.3, 0.4) is 0 Å². The molecule has 1 amide bonds. The summed E-state index contributed by atoms with van der Waals surface area (Å²) in [5, 5.41) is 13.3. The van der Waals surface area contributed by atoms with E-state index in [4.69, 9.17) is 16.3 Å². The van der Waals surface area contributed by atoms with E-state index >= 15 is 0 Å². The average molecular weight is 318 g/mol. The van der Waals surface area contributed by atoms with E-state index < -0.39 is 5.60 Å². The molecule has 4 nitrogen and oxygen atoms in total. The van der Waals surface area contributed by atoms with Gasteiger partial charge in [-0.25, -0.2) is 0 Å². The Hall–Kier alpha value is -0.910. The summed E-state index contributed by atoms with van der Waals surface area (Å²) in [6.07, 6.45) is 2.61. The van der Waals surface area contributed by atoms with Gasteiger partial charge >= 0.3 is 0 Å². The van der Waals surface area contributed by atoms with Crippen molar-refractivity contribution in [3.63, 3.8) is 0 Å². The van der Waals surface area contributed by atoms with Crippen LogP contribution in [0.1, 0.15) is 13.3 Å². The minimum atomic E-state index is -0.890. The minimum absolute atomic E-state index is 0.0831. The lowest BCUT2D eigenvalue weighted by molar-refractivity contribution is -0.124. The number of ether oxygens (including phenoxy) is 1. The van der Waals surface area contributed by atoms with E-state index in [1.807, 2.05) is 6.26 Å². The zero-order chi connectivity index (χ0) is 15.0. The summed E-state index contributed by atoms with van der Waals surface area (Å²) < 4.78 is 5.31. The fourth-order valence-electron chi connectivity index (χ4n) is 1.43. The molecule has 0 fully saturated rings. The van der Waals surface area contributed by atoms with E-state index in [1.54, 1.807) is 43.0 Å². The molecule has 1 aromatic rings. The van der Waals surface area contributed by atoms with Crippen LogP contribution in [-0.4, -0.2) is 41.8 Å². The van der Waals surface area contributed by atoms with Crippen LogP contribution in [0.4, 0.5) is 0 Å². The normalized spacial score (nSPS) is 13.6. The molecule has 20 heavy (non-hydrogen) atoms. The van der Waals surface area contributed by atoms with Gasteiger partial charge in [0.05, 0.1) is 5.60 Å². The molecule has 1 rings (SSSR count). The number of carbonyl (C=O) groups excluding carboxylic acids is 1. The van der Waals surface area contributed by atoms with E-state index in [1.165, 1.54) is 0 Å². The second kappa shape index (κ2) is 8.39. The monoisotopic (exact) mass is 317 g/mol. The summed E-state index contributed by atoms with van der Waals surface area (Å²) >= 11 is 7.41. The summed E-state index contributed by atoms with van der Waals surface area (Å²) in [5.41, 5.74) is -0.890. The second-order valence-electron chi connectivity index (χ2n) is 4.76. The van der Waals surface area contributed by atoms with Gasteiger partial charge in [0, 0.05) is 11.6 Å². The Morgan fingerprint density at radius 3 is 2.70 bits per heavy atom. The predicted molar refractivity (Wildman–Crippen MR) is 83.6 cm³/mol. The van der Waals surface area contributed by atoms with Crippen LogP contribution in [0.25, 0.3) is 0 Å². The van der Waals surface area contributed by atoms with Crippen LogP contribution >= 0.6 is 23.4 Å². The molecule has 0 aliphatic rings. The number of rotatable bonds is 8. The van der Waals surface area contributed by atoms with Crippen molar-refractivity contribution < 1.29 is 14.6 Å². The standard InChI is InChI=1S/C14H20ClNO3S/c1-14(18,7-8-20-2)10-16-13(17)9-19-12-5-3-11(15)4-6-12/h3-6,18H,7-10H2,1-2H3,(H,16,17)/t14-/m1/s1. The van der Waals surface area contributed by atoms with E-state index in [0.29, 0.717) is 17.2 Å². The fraction of sp³-hybridized carbons (Fsp3) is 0.500. The molecule has 0 heterocycles. The van der Waals surface area contributed by atoms with Gasteiger partial charge in [0.1, 0.15) is 5.75 Å². The van der Waals surface area contributed by atoms with Crippen LogP contribution in [0.2, 0.25) is 5.02 Å². The molecule has 112 valence electrons. The lowest BCUT2D eigenvalue weighted by Gasteiger charge is -2.23. The van der Waals surface area contributed by atoms with Gasteiger partial charge in [-0.3, -0.25) is 4.79 Å². The third-order valence-corrected chi connectivity index (χ3v) is 3.56. The second-order valence-corrected chi connectivity index (χ2v) is 6.18. The van der Waals surface area contributed by atoms with Gasteiger partial charge in [-0.15, -0.1) is 0 Å². The number of nitrogens with one attached hydrogen (secondary N) is 1. The molecule has 1 atom stereocenters. The van der Waals surface area contributed by atoms with Crippen molar-refractivity contribution in [1.82, 2.24) is 5.32 Å². The van der Waals surface area contributed by atoms with Crippen molar-refractivity contribution in [2.24, 2.45) is 0 Å². The third kappa shape index (κ3) is 7.03. The fourth-order valence-corrected chi connectivity index (χ4v) is 2.20. The molecule has 0 bridgehead atoms. The molecule has 0 radical (unpaired) electrons. The molecule has 0 aliphatic heterocycles. The Morgan fingerprint density at radius 1 is 1.45 bits per heavy atom. The van der Waals surface area contributed by atoms with Crippen molar-refractivity contribution in [3.05, 3.63) is 29.3 Å². The van der Waals surface area contributed by atoms with Gasteiger partial charge in [-0.2, -0.15) is 11.8 Å². The van der Waals surface area contributed by atoms with Crippen molar-refractivity contribution in [1.29, 1.82) is 0 Å². The van der Waals surface area contributed by atoms with E-state index in [-0.39, 0.29) is 19.1 Å². The van der Waals surface area contributed by atoms with Gasteiger partial charge in [-0.05, 0) is 49.6 Å². The number of hydrogen-bond donors (Lipinski definition) is 2. The smallest absolute Gasteiger partial charge is 0.258 e. The molecule has 0 unspecified atom stereocenters. The Morgan fingerprint density at radius 2 is 2.10 bits per heavy atom. The zero-order valence-electron chi connectivity index (χ0n) is 11.7. The van der Waals surface area contributed by atoms with Gasteiger partial charge in [0.2, 0.25) is 0 Å². The molecule has 0 saturated heterocycles. The van der Waals surface area contributed by atoms with E-state index in [9.17, 15) is 9.90 Å². The van der Waals surface area contributed by atoms with Crippen LogP contribution < -0.4 is 10.1 Å². The highest BCUT2D eigenvalue weighted by Gasteiger charge is 2.20. The summed E-state index contributed by atoms with van der Waals surface area (Å²) in [7, 11) is 0. The molecular weight excluding hydrogens is 298 g/mol. The molecule has 6 heteroatoms. The van der Waals surface area contributed by atoms with Gasteiger partial charge in [-0.1, -0.05) is 11.6 Å². The van der Waals surface area contributed by atoms with Crippen molar-refractivity contribution in [3.8, 4) is 5.75 Å². The van der Waals surface area contributed by atoms with Crippen LogP contribution in [0.5, 0.6) is 5.75 Å². The van der Waals surface area contributed by atoms with E-state index in [0.717, 1.165) is 5.75 Å². The molecule has 0 aromatic heterocycles. The highest BCUT2D eigenvalue weighted by Crippen LogP contribution is 2.15. The predicted octanol–water partition coefficient (Wildman–Crippen LogP) is 2.34. The topological polar surface area (TPSA) is 58.6 Å². The number of halogens is 1. The van der Waals surface area contributed by atoms with Crippen molar-refractivity contribution >= 4 is 29.3 Å².